The summed E-state index contributed by atoms with van der Waals surface area (Å²) in [5, 5.41) is 3.11. The summed E-state index contributed by atoms with van der Waals surface area (Å²) in [6, 6.07) is 1.47. The molecule has 0 spiro atoms. The van der Waals surface area contributed by atoms with Gasteiger partial charge in [0, 0.05) is 10.9 Å². The summed E-state index contributed by atoms with van der Waals surface area (Å²) in [6.07, 6.45) is 0. The van der Waals surface area contributed by atoms with Crippen LogP contribution < -0.4 is 0 Å². The Labute approximate surface area is 86.6 Å². The van der Waals surface area contributed by atoms with E-state index < -0.39 is 28.0 Å². The summed E-state index contributed by atoms with van der Waals surface area (Å²) >= 11 is 0.775. The van der Waals surface area contributed by atoms with Gasteiger partial charge in [0.15, 0.2) is 5.78 Å². The zero-order valence-corrected chi connectivity index (χ0v) is 8.43. The third kappa shape index (κ3) is 3.19. The van der Waals surface area contributed by atoms with Crippen molar-refractivity contribution in [3.63, 3.8) is 0 Å². The lowest BCUT2D eigenvalue weighted by atomic mass is 10.2. The molecule has 0 atom stereocenters. The Hall–Kier alpha value is -0.750. The van der Waals surface area contributed by atoms with E-state index in [0.29, 0.717) is 0 Å². The number of hydrogen-bond acceptors (Lipinski definition) is 3. The highest BCUT2D eigenvalue weighted by molar-refractivity contribution is 8.04. The van der Waals surface area contributed by atoms with Gasteiger partial charge in [-0.3, -0.25) is 4.79 Å². The lowest BCUT2D eigenvalue weighted by molar-refractivity contribution is -0.0322. The molecule has 14 heavy (non-hydrogen) atoms. The molecule has 0 aromatic carbocycles. The summed E-state index contributed by atoms with van der Waals surface area (Å²) in [5.74, 6) is -0.673. The van der Waals surface area contributed by atoms with E-state index >= 15 is 0 Å². The van der Waals surface area contributed by atoms with Gasteiger partial charge in [-0.2, -0.15) is 24.5 Å². The van der Waals surface area contributed by atoms with Gasteiger partial charge >= 0.3 is 5.51 Å². The quantitative estimate of drug-likeness (QED) is 0.590. The minimum absolute atomic E-state index is 0.247. The molecule has 0 saturated carbocycles. The minimum Gasteiger partial charge on any atom is -0.288 e. The molecule has 76 valence electrons. The SMILES string of the molecule is C=C(SC(F)(F)F)C(=O)c1ccsc1. The number of ketones is 1. The largest absolute Gasteiger partial charge is 0.446 e. The van der Waals surface area contributed by atoms with Crippen LogP contribution in [0.3, 0.4) is 0 Å². The molecule has 1 nitrogen and oxygen atoms in total. The predicted octanol–water partition coefficient (Wildman–Crippen LogP) is 3.70. The molecular formula is C8H5F3OS2. The molecule has 1 heterocycles. The number of carbonyl (C=O) groups is 1. The highest BCUT2D eigenvalue weighted by Crippen LogP contribution is 2.36. The van der Waals surface area contributed by atoms with Gasteiger partial charge in [-0.05, 0) is 23.2 Å². The molecule has 1 aromatic heterocycles. The Balaban J connectivity index is 2.68. The topological polar surface area (TPSA) is 17.1 Å². The molecule has 0 N–H and O–H groups in total. The van der Waals surface area contributed by atoms with Crippen LogP contribution in [0.5, 0.6) is 0 Å². The average Bonchev–Trinajstić information content (AvgIpc) is 2.51. The number of Topliss-reactive ketones (excluding diaryl/α,β-unsaturated/α-hetero) is 1. The van der Waals surface area contributed by atoms with Gasteiger partial charge in [0.05, 0.1) is 4.91 Å². The Morgan fingerprint density at radius 1 is 1.50 bits per heavy atom. The van der Waals surface area contributed by atoms with E-state index in [0.717, 1.165) is 0 Å². The van der Waals surface area contributed by atoms with Gasteiger partial charge in [0.2, 0.25) is 0 Å². The van der Waals surface area contributed by atoms with Crippen molar-refractivity contribution in [2.24, 2.45) is 0 Å². The normalized spacial score (nSPS) is 11.4. The second kappa shape index (κ2) is 4.18. The van der Waals surface area contributed by atoms with Crippen LogP contribution in [0.2, 0.25) is 0 Å². The molecule has 1 aromatic rings. The third-order valence-corrected chi connectivity index (χ3v) is 2.62. The third-order valence-electron chi connectivity index (χ3n) is 1.28. The maximum Gasteiger partial charge on any atom is 0.446 e. The summed E-state index contributed by atoms with van der Waals surface area (Å²) in [6.45, 7) is 3.09. The Kier molecular flexibility index (Phi) is 3.38. The lowest BCUT2D eigenvalue weighted by Gasteiger charge is -2.05. The molecule has 0 radical (unpaired) electrons. The van der Waals surface area contributed by atoms with Crippen molar-refractivity contribution in [2.45, 2.75) is 5.51 Å². The van der Waals surface area contributed by atoms with Crippen molar-refractivity contribution < 1.29 is 18.0 Å². The van der Waals surface area contributed by atoms with Gasteiger partial charge in [0.25, 0.3) is 0 Å². The lowest BCUT2D eigenvalue weighted by Crippen LogP contribution is -2.06. The molecule has 0 amide bonds. The van der Waals surface area contributed by atoms with E-state index in [4.69, 9.17) is 0 Å². The summed E-state index contributed by atoms with van der Waals surface area (Å²) in [7, 11) is 0. The van der Waals surface area contributed by atoms with E-state index in [1.807, 2.05) is 0 Å². The Bertz CT molecular complexity index is 340. The summed E-state index contributed by atoms with van der Waals surface area (Å²) in [5.41, 5.74) is -4.21. The molecule has 0 saturated heterocycles. The first-order valence-corrected chi connectivity index (χ1v) is 5.17. The van der Waals surface area contributed by atoms with Crippen molar-refractivity contribution in [3.05, 3.63) is 33.9 Å². The van der Waals surface area contributed by atoms with E-state index in [-0.39, 0.29) is 5.56 Å². The van der Waals surface area contributed by atoms with Crippen molar-refractivity contribution in [2.75, 3.05) is 0 Å². The van der Waals surface area contributed by atoms with Crippen LogP contribution in [0.25, 0.3) is 0 Å². The fraction of sp³-hybridized carbons (Fsp3) is 0.125. The number of alkyl halides is 3. The summed E-state index contributed by atoms with van der Waals surface area (Å²) in [4.78, 5) is 10.8. The van der Waals surface area contributed by atoms with Crippen molar-refractivity contribution >= 4 is 28.9 Å². The second-order valence-corrected chi connectivity index (χ2v) is 4.25. The number of hydrogen-bond donors (Lipinski definition) is 0. The van der Waals surface area contributed by atoms with Crippen molar-refractivity contribution in [3.8, 4) is 0 Å². The molecule has 1 rings (SSSR count). The number of thiophene rings is 1. The maximum absolute atomic E-state index is 11.9. The van der Waals surface area contributed by atoms with E-state index in [9.17, 15) is 18.0 Å². The zero-order valence-electron chi connectivity index (χ0n) is 6.80. The highest BCUT2D eigenvalue weighted by atomic mass is 32.2. The van der Waals surface area contributed by atoms with Crippen molar-refractivity contribution in [1.82, 2.24) is 0 Å². The van der Waals surface area contributed by atoms with Crippen LogP contribution in [-0.4, -0.2) is 11.3 Å². The molecule has 6 heteroatoms. The van der Waals surface area contributed by atoms with Crippen LogP contribution in [-0.2, 0) is 0 Å². The van der Waals surface area contributed by atoms with Gasteiger partial charge in [-0.25, -0.2) is 0 Å². The van der Waals surface area contributed by atoms with Crippen LogP contribution in [0.15, 0.2) is 28.3 Å². The van der Waals surface area contributed by atoms with E-state index in [2.05, 4.69) is 6.58 Å². The van der Waals surface area contributed by atoms with Gasteiger partial charge < -0.3 is 0 Å². The van der Waals surface area contributed by atoms with Crippen molar-refractivity contribution in [1.29, 1.82) is 0 Å². The Morgan fingerprint density at radius 3 is 2.57 bits per heavy atom. The monoisotopic (exact) mass is 238 g/mol. The zero-order chi connectivity index (χ0) is 10.8. The van der Waals surface area contributed by atoms with Gasteiger partial charge in [-0.1, -0.05) is 6.58 Å². The van der Waals surface area contributed by atoms with Crippen LogP contribution >= 0.6 is 23.1 Å². The number of rotatable bonds is 3. The van der Waals surface area contributed by atoms with Crippen LogP contribution in [0, 0.1) is 0 Å². The first-order chi connectivity index (χ1) is 6.40. The molecule has 0 unspecified atom stereocenters. The first-order valence-electron chi connectivity index (χ1n) is 3.41. The minimum atomic E-state index is -4.46. The van der Waals surface area contributed by atoms with Crippen LogP contribution in [0.1, 0.15) is 10.4 Å². The summed E-state index contributed by atoms with van der Waals surface area (Å²) < 4.78 is 35.6. The fourth-order valence-corrected chi connectivity index (χ4v) is 1.87. The number of halogens is 3. The Morgan fingerprint density at radius 2 is 2.14 bits per heavy atom. The predicted molar refractivity (Wildman–Crippen MR) is 51.4 cm³/mol. The molecule has 0 bridgehead atoms. The van der Waals surface area contributed by atoms with E-state index in [1.165, 1.54) is 22.8 Å². The van der Waals surface area contributed by atoms with Gasteiger partial charge in [-0.15, -0.1) is 0 Å². The molecule has 0 aliphatic rings. The number of allylic oxidation sites excluding steroid dienone is 1. The van der Waals surface area contributed by atoms with Gasteiger partial charge in [0.1, 0.15) is 0 Å². The van der Waals surface area contributed by atoms with E-state index in [1.54, 1.807) is 5.38 Å². The molecular weight excluding hydrogens is 233 g/mol. The average molecular weight is 238 g/mol. The highest BCUT2D eigenvalue weighted by Gasteiger charge is 2.32. The molecule has 0 aliphatic carbocycles. The smallest absolute Gasteiger partial charge is 0.288 e. The first kappa shape index (κ1) is 11.3. The maximum atomic E-state index is 11.9. The van der Waals surface area contributed by atoms with Crippen LogP contribution in [0.4, 0.5) is 13.2 Å². The standard InChI is InChI=1S/C8H5F3OS2/c1-5(14-8(9,10)11)7(12)6-2-3-13-4-6/h2-4H,1H2. The second-order valence-electron chi connectivity index (χ2n) is 2.31. The molecule has 0 aliphatic heterocycles. The number of carbonyl (C=O) groups excluding carboxylic acids is 1. The fourth-order valence-electron chi connectivity index (χ4n) is 0.741. The number of thioether (sulfide) groups is 1. The molecule has 0 fully saturated rings.